The second-order valence-electron chi connectivity index (χ2n) is 5.99. The Morgan fingerprint density at radius 2 is 2.05 bits per heavy atom. The summed E-state index contributed by atoms with van der Waals surface area (Å²) in [5.74, 6) is 0. The summed E-state index contributed by atoms with van der Waals surface area (Å²) < 4.78 is 28.2. The van der Waals surface area contributed by atoms with E-state index in [1.807, 2.05) is 0 Å². The molecule has 120 valence electrons. The molecule has 1 saturated heterocycles. The maximum absolute atomic E-state index is 12.7. The molecule has 1 aliphatic heterocycles. The summed E-state index contributed by atoms with van der Waals surface area (Å²) in [4.78, 5) is 10.2. The van der Waals surface area contributed by atoms with E-state index in [0.717, 1.165) is 38.6 Å². The maximum atomic E-state index is 12.7. The summed E-state index contributed by atoms with van der Waals surface area (Å²) >= 11 is 0. The van der Waals surface area contributed by atoms with Gasteiger partial charge < -0.3 is 5.32 Å². The first-order chi connectivity index (χ1) is 10.4. The van der Waals surface area contributed by atoms with E-state index >= 15 is 0 Å². The van der Waals surface area contributed by atoms with Crippen LogP contribution in [0.3, 0.4) is 0 Å². The lowest BCUT2D eigenvalue weighted by molar-refractivity contribution is -0.387. The molecule has 1 saturated carbocycles. The lowest BCUT2D eigenvalue weighted by Crippen LogP contribution is -2.57. The van der Waals surface area contributed by atoms with E-state index in [1.54, 1.807) is 0 Å². The predicted octanol–water partition coefficient (Wildman–Crippen LogP) is 1.55. The number of benzene rings is 1. The summed E-state index contributed by atoms with van der Waals surface area (Å²) in [5, 5.41) is 14.4. The molecular formula is C14H19N3O4S. The van der Waals surface area contributed by atoms with Crippen molar-refractivity contribution in [3.05, 3.63) is 34.4 Å². The van der Waals surface area contributed by atoms with Crippen LogP contribution < -0.4 is 10.0 Å². The van der Waals surface area contributed by atoms with Crippen LogP contribution in [-0.2, 0) is 10.0 Å². The van der Waals surface area contributed by atoms with Gasteiger partial charge in [-0.15, -0.1) is 0 Å². The second kappa shape index (κ2) is 5.60. The minimum Gasteiger partial charge on any atom is -0.312 e. The number of nitrogens with zero attached hydrogens (tertiary/aromatic N) is 1. The lowest BCUT2D eigenvalue weighted by Gasteiger charge is -2.39. The third kappa shape index (κ3) is 2.62. The van der Waals surface area contributed by atoms with Crippen LogP contribution in [0.15, 0.2) is 29.2 Å². The fourth-order valence-corrected chi connectivity index (χ4v) is 5.30. The number of hydrogen-bond donors (Lipinski definition) is 2. The molecule has 0 bridgehead atoms. The Hall–Kier alpha value is -1.51. The third-order valence-electron chi connectivity index (χ3n) is 4.68. The molecule has 8 heteroatoms. The van der Waals surface area contributed by atoms with E-state index in [0.29, 0.717) is 0 Å². The van der Waals surface area contributed by atoms with Crippen LogP contribution in [0.4, 0.5) is 5.69 Å². The number of rotatable bonds is 4. The van der Waals surface area contributed by atoms with Crippen LogP contribution in [0.1, 0.15) is 32.1 Å². The third-order valence-corrected chi connectivity index (χ3v) is 6.28. The normalized spacial score (nSPS) is 28.3. The highest BCUT2D eigenvalue weighted by Gasteiger charge is 2.47. The molecule has 2 atom stereocenters. The molecule has 1 aromatic carbocycles. The van der Waals surface area contributed by atoms with Crippen molar-refractivity contribution >= 4 is 15.7 Å². The predicted molar refractivity (Wildman–Crippen MR) is 81.0 cm³/mol. The topological polar surface area (TPSA) is 101 Å². The van der Waals surface area contributed by atoms with Gasteiger partial charge in [0.05, 0.1) is 4.92 Å². The molecule has 2 N–H and O–H groups in total. The molecule has 0 amide bonds. The molecule has 2 aliphatic rings. The largest absolute Gasteiger partial charge is 0.312 e. The van der Waals surface area contributed by atoms with E-state index < -0.39 is 20.5 Å². The SMILES string of the molecule is O=[N+]([O-])c1ccccc1S(=O)(=O)NC12CCCCC1NCC2. The number of nitrogens with one attached hydrogen (secondary N) is 2. The average molecular weight is 325 g/mol. The van der Waals surface area contributed by atoms with Crippen LogP contribution in [0, 0.1) is 10.1 Å². The van der Waals surface area contributed by atoms with Crippen molar-refractivity contribution in [1.29, 1.82) is 0 Å². The van der Waals surface area contributed by atoms with Gasteiger partial charge in [-0.2, -0.15) is 0 Å². The van der Waals surface area contributed by atoms with Crippen LogP contribution >= 0.6 is 0 Å². The smallest absolute Gasteiger partial charge is 0.289 e. The van der Waals surface area contributed by atoms with E-state index in [4.69, 9.17) is 0 Å². The highest BCUT2D eigenvalue weighted by atomic mass is 32.2. The van der Waals surface area contributed by atoms with Crippen molar-refractivity contribution < 1.29 is 13.3 Å². The first-order valence-corrected chi connectivity index (χ1v) is 8.94. The van der Waals surface area contributed by atoms with Crippen molar-refractivity contribution in [2.45, 2.75) is 48.6 Å². The molecule has 1 aliphatic carbocycles. The molecule has 1 heterocycles. The second-order valence-corrected chi connectivity index (χ2v) is 7.64. The van der Waals surface area contributed by atoms with Gasteiger partial charge in [0.25, 0.3) is 5.69 Å². The number of para-hydroxylation sites is 1. The molecule has 22 heavy (non-hydrogen) atoms. The van der Waals surface area contributed by atoms with Gasteiger partial charge in [0.1, 0.15) is 0 Å². The van der Waals surface area contributed by atoms with Gasteiger partial charge in [-0.25, -0.2) is 13.1 Å². The average Bonchev–Trinajstić information content (AvgIpc) is 2.89. The summed E-state index contributed by atoms with van der Waals surface area (Å²) in [6.45, 7) is 0.768. The Morgan fingerprint density at radius 3 is 2.82 bits per heavy atom. The number of nitro benzene ring substituents is 1. The molecule has 0 radical (unpaired) electrons. The fraction of sp³-hybridized carbons (Fsp3) is 0.571. The zero-order valence-electron chi connectivity index (χ0n) is 12.1. The summed E-state index contributed by atoms with van der Waals surface area (Å²) in [7, 11) is -3.93. The van der Waals surface area contributed by atoms with Gasteiger partial charge in [-0.05, 0) is 31.9 Å². The van der Waals surface area contributed by atoms with Crippen molar-refractivity contribution in [2.24, 2.45) is 0 Å². The van der Waals surface area contributed by atoms with E-state index in [2.05, 4.69) is 10.0 Å². The Labute approximate surface area is 129 Å². The molecular weight excluding hydrogens is 306 g/mol. The molecule has 0 spiro atoms. The number of nitro groups is 1. The molecule has 7 nitrogen and oxygen atoms in total. The quantitative estimate of drug-likeness (QED) is 0.646. The van der Waals surface area contributed by atoms with Crippen molar-refractivity contribution in [1.82, 2.24) is 10.0 Å². The van der Waals surface area contributed by atoms with Crippen molar-refractivity contribution in [2.75, 3.05) is 6.54 Å². The number of hydrogen-bond acceptors (Lipinski definition) is 5. The maximum Gasteiger partial charge on any atom is 0.289 e. The minimum atomic E-state index is -3.93. The zero-order valence-corrected chi connectivity index (χ0v) is 12.9. The van der Waals surface area contributed by atoms with E-state index in [-0.39, 0.29) is 16.6 Å². The van der Waals surface area contributed by atoms with Gasteiger partial charge in [0.15, 0.2) is 4.90 Å². The van der Waals surface area contributed by atoms with Crippen molar-refractivity contribution in [3.63, 3.8) is 0 Å². The molecule has 0 aromatic heterocycles. The summed E-state index contributed by atoms with van der Waals surface area (Å²) in [6.07, 6.45) is 4.46. The van der Waals surface area contributed by atoms with E-state index in [9.17, 15) is 18.5 Å². The van der Waals surface area contributed by atoms with Gasteiger partial charge in [-0.3, -0.25) is 10.1 Å². The molecule has 2 fully saturated rings. The van der Waals surface area contributed by atoms with Gasteiger partial charge >= 0.3 is 0 Å². The Bertz CT molecular complexity index is 691. The Balaban J connectivity index is 1.96. The lowest BCUT2D eigenvalue weighted by atomic mass is 9.79. The number of fused-ring (bicyclic) bond motifs is 1. The van der Waals surface area contributed by atoms with Gasteiger partial charge in [0, 0.05) is 17.6 Å². The van der Waals surface area contributed by atoms with Crippen LogP contribution in [-0.4, -0.2) is 31.5 Å². The minimum absolute atomic E-state index is 0.110. The first kappa shape index (κ1) is 15.4. The monoisotopic (exact) mass is 325 g/mol. The highest BCUT2D eigenvalue weighted by Crippen LogP contribution is 2.37. The molecule has 2 unspecified atom stereocenters. The highest BCUT2D eigenvalue weighted by molar-refractivity contribution is 7.89. The van der Waals surface area contributed by atoms with Crippen LogP contribution in [0.2, 0.25) is 0 Å². The van der Waals surface area contributed by atoms with Crippen LogP contribution in [0.5, 0.6) is 0 Å². The Kier molecular flexibility index (Phi) is 3.92. The van der Waals surface area contributed by atoms with Crippen LogP contribution in [0.25, 0.3) is 0 Å². The Morgan fingerprint density at radius 1 is 1.27 bits per heavy atom. The van der Waals surface area contributed by atoms with Crippen molar-refractivity contribution in [3.8, 4) is 0 Å². The van der Waals surface area contributed by atoms with Gasteiger partial charge in [0.2, 0.25) is 10.0 Å². The molecule has 1 aromatic rings. The zero-order chi connectivity index (χ0) is 15.8. The summed E-state index contributed by atoms with van der Waals surface area (Å²) in [6, 6.07) is 5.59. The van der Waals surface area contributed by atoms with Gasteiger partial charge in [-0.1, -0.05) is 25.0 Å². The number of sulfonamides is 1. The standard InChI is InChI=1S/C14H19N3O4S/c18-17(19)11-5-1-2-6-12(11)22(20,21)16-14-8-4-3-7-13(14)15-10-9-14/h1-2,5-6,13,15-16H,3-4,7-10H2. The van der Waals surface area contributed by atoms with E-state index in [1.165, 1.54) is 24.3 Å². The fourth-order valence-electron chi connectivity index (χ4n) is 3.64. The molecule has 3 rings (SSSR count). The summed E-state index contributed by atoms with van der Waals surface area (Å²) in [5.41, 5.74) is -0.898. The first-order valence-electron chi connectivity index (χ1n) is 7.45.